The van der Waals surface area contributed by atoms with Crippen LogP contribution in [0.4, 0.5) is 5.69 Å². The smallest absolute Gasteiger partial charge is 0.253 e. The Bertz CT molecular complexity index is 543. The van der Waals surface area contributed by atoms with Crippen LogP contribution in [-0.4, -0.2) is 24.9 Å². The Morgan fingerprint density at radius 3 is 2.46 bits per heavy atom. The number of nitrogens with one attached hydrogen (secondary N) is 2. The fourth-order valence-electron chi connectivity index (χ4n) is 3.14. The van der Waals surface area contributed by atoms with Gasteiger partial charge in [-0.2, -0.15) is 0 Å². The van der Waals surface area contributed by atoms with Gasteiger partial charge in [-0.1, -0.05) is 25.5 Å². The summed E-state index contributed by atoms with van der Waals surface area (Å²) in [5.41, 5.74) is 6.47. The molecule has 0 radical (unpaired) electrons. The Morgan fingerprint density at radius 1 is 1.17 bits per heavy atom. The first-order valence-corrected chi connectivity index (χ1v) is 8.53. The highest BCUT2D eigenvalue weighted by Crippen LogP contribution is 2.31. The highest BCUT2D eigenvalue weighted by atomic mass is 35.5. The topological polar surface area (TPSA) is 84.2 Å². The summed E-state index contributed by atoms with van der Waals surface area (Å²) in [7, 11) is 0. The second kappa shape index (κ2) is 10.3. The summed E-state index contributed by atoms with van der Waals surface area (Å²) in [5.74, 6) is 0.631. The first-order valence-electron chi connectivity index (χ1n) is 8.53. The second-order valence-electron chi connectivity index (χ2n) is 6.21. The molecule has 6 heteroatoms. The maximum absolute atomic E-state index is 12.5. The number of halogens is 1. The van der Waals surface area contributed by atoms with E-state index >= 15 is 0 Å². The lowest BCUT2D eigenvalue weighted by molar-refractivity contribution is -0.121. The molecule has 1 fully saturated rings. The van der Waals surface area contributed by atoms with E-state index in [1.54, 1.807) is 18.2 Å². The van der Waals surface area contributed by atoms with Gasteiger partial charge in [0.1, 0.15) is 0 Å². The molecule has 0 saturated heterocycles. The molecule has 1 aromatic rings. The van der Waals surface area contributed by atoms with E-state index in [0.29, 0.717) is 24.3 Å². The maximum Gasteiger partial charge on any atom is 0.253 e. The lowest BCUT2D eigenvalue weighted by atomic mass is 9.80. The van der Waals surface area contributed by atoms with Crippen LogP contribution in [0.2, 0.25) is 0 Å². The van der Waals surface area contributed by atoms with Crippen LogP contribution in [0.15, 0.2) is 24.3 Å². The third-order valence-electron chi connectivity index (χ3n) is 4.65. The molecule has 0 aromatic heterocycles. The van der Waals surface area contributed by atoms with Gasteiger partial charge in [0.05, 0.1) is 11.3 Å². The van der Waals surface area contributed by atoms with Crippen molar-refractivity contribution in [1.82, 2.24) is 5.32 Å². The number of rotatable bonds is 6. The molecule has 0 atom stereocenters. The summed E-state index contributed by atoms with van der Waals surface area (Å²) in [4.78, 5) is 24.6. The zero-order valence-corrected chi connectivity index (χ0v) is 15.0. The predicted octanol–water partition coefficient (Wildman–Crippen LogP) is 2.95. The quantitative estimate of drug-likeness (QED) is 0.735. The Labute approximate surface area is 150 Å². The van der Waals surface area contributed by atoms with E-state index in [2.05, 4.69) is 17.6 Å². The van der Waals surface area contributed by atoms with Gasteiger partial charge in [0.15, 0.2) is 0 Å². The summed E-state index contributed by atoms with van der Waals surface area (Å²) in [6, 6.07) is 7.10. The molecule has 4 N–H and O–H groups in total. The van der Waals surface area contributed by atoms with Crippen LogP contribution >= 0.6 is 12.4 Å². The molecule has 1 saturated carbocycles. The fraction of sp³-hybridized carbons (Fsp3) is 0.556. The average molecular weight is 354 g/mol. The molecule has 134 valence electrons. The summed E-state index contributed by atoms with van der Waals surface area (Å²) in [6.07, 6.45) is 5.30. The van der Waals surface area contributed by atoms with Crippen molar-refractivity contribution < 1.29 is 9.59 Å². The van der Waals surface area contributed by atoms with Crippen LogP contribution < -0.4 is 16.4 Å². The molecule has 5 nitrogen and oxygen atoms in total. The molecule has 0 spiro atoms. The van der Waals surface area contributed by atoms with Crippen molar-refractivity contribution in [3.8, 4) is 0 Å². The molecule has 1 aliphatic carbocycles. The minimum atomic E-state index is -0.207. The molecular weight excluding hydrogens is 326 g/mol. The van der Waals surface area contributed by atoms with E-state index in [-0.39, 0.29) is 30.1 Å². The van der Waals surface area contributed by atoms with Crippen molar-refractivity contribution in [1.29, 1.82) is 0 Å². The van der Waals surface area contributed by atoms with Crippen LogP contribution in [0.5, 0.6) is 0 Å². The number of hydrogen-bond donors (Lipinski definition) is 3. The molecular formula is C18H28ClN3O2. The number of amides is 2. The fourth-order valence-corrected chi connectivity index (χ4v) is 3.14. The van der Waals surface area contributed by atoms with Gasteiger partial charge < -0.3 is 16.4 Å². The lowest BCUT2D eigenvalue weighted by Crippen LogP contribution is -2.31. The summed E-state index contributed by atoms with van der Waals surface area (Å²) in [6.45, 7) is 3.02. The molecule has 0 heterocycles. The summed E-state index contributed by atoms with van der Waals surface area (Å²) in [5, 5.41) is 5.68. The molecule has 1 aromatic carbocycles. The minimum Gasteiger partial charge on any atom is -0.351 e. The van der Waals surface area contributed by atoms with Crippen molar-refractivity contribution in [3.63, 3.8) is 0 Å². The van der Waals surface area contributed by atoms with Crippen molar-refractivity contribution in [2.24, 2.45) is 17.6 Å². The van der Waals surface area contributed by atoms with Crippen molar-refractivity contribution in [2.45, 2.75) is 39.0 Å². The van der Waals surface area contributed by atoms with Crippen LogP contribution in [0.25, 0.3) is 0 Å². The van der Waals surface area contributed by atoms with Crippen molar-refractivity contribution >= 4 is 29.9 Å². The van der Waals surface area contributed by atoms with Gasteiger partial charge in [-0.3, -0.25) is 9.59 Å². The zero-order chi connectivity index (χ0) is 16.7. The maximum atomic E-state index is 12.5. The molecule has 0 unspecified atom stereocenters. The van der Waals surface area contributed by atoms with E-state index in [1.165, 1.54) is 6.42 Å². The second-order valence-corrected chi connectivity index (χ2v) is 6.21. The van der Waals surface area contributed by atoms with Gasteiger partial charge in [-0.25, -0.2) is 0 Å². The first kappa shape index (κ1) is 20.5. The monoisotopic (exact) mass is 353 g/mol. The van der Waals surface area contributed by atoms with E-state index in [0.717, 1.165) is 31.6 Å². The third kappa shape index (κ3) is 5.49. The highest BCUT2D eigenvalue weighted by molar-refractivity contribution is 6.04. The number of hydrogen-bond acceptors (Lipinski definition) is 3. The third-order valence-corrected chi connectivity index (χ3v) is 4.65. The summed E-state index contributed by atoms with van der Waals surface area (Å²) >= 11 is 0. The van der Waals surface area contributed by atoms with Crippen LogP contribution in [0.3, 0.4) is 0 Å². The molecule has 0 bridgehead atoms. The minimum absolute atomic E-state index is 0. The van der Waals surface area contributed by atoms with Crippen LogP contribution in [0, 0.1) is 11.8 Å². The normalized spacial score (nSPS) is 19.9. The largest absolute Gasteiger partial charge is 0.351 e. The molecule has 24 heavy (non-hydrogen) atoms. The average Bonchev–Trinajstić information content (AvgIpc) is 2.60. The summed E-state index contributed by atoms with van der Waals surface area (Å²) < 4.78 is 0. The van der Waals surface area contributed by atoms with Gasteiger partial charge in [0.2, 0.25) is 5.91 Å². The Hall–Kier alpha value is -1.59. The number of carbonyl (C=O) groups excluding carboxylic acids is 2. The Balaban J connectivity index is 0.00000288. The zero-order valence-electron chi connectivity index (χ0n) is 14.2. The van der Waals surface area contributed by atoms with E-state index in [1.807, 2.05) is 6.07 Å². The number of benzene rings is 1. The van der Waals surface area contributed by atoms with Crippen molar-refractivity contribution in [2.75, 3.05) is 18.4 Å². The number of nitrogens with two attached hydrogens (primary N) is 1. The SMILES string of the molecule is CCC1CCC(C(=O)Nc2ccccc2C(=O)NCCN)CC1.Cl. The van der Waals surface area contributed by atoms with Gasteiger partial charge in [0, 0.05) is 19.0 Å². The molecule has 2 rings (SSSR count). The molecule has 1 aliphatic rings. The van der Waals surface area contributed by atoms with E-state index in [4.69, 9.17) is 5.73 Å². The Kier molecular flexibility index (Phi) is 8.79. The molecule has 2 amide bonds. The van der Waals surface area contributed by atoms with Crippen LogP contribution in [-0.2, 0) is 4.79 Å². The van der Waals surface area contributed by atoms with Crippen LogP contribution in [0.1, 0.15) is 49.4 Å². The van der Waals surface area contributed by atoms with Crippen molar-refractivity contribution in [3.05, 3.63) is 29.8 Å². The van der Waals surface area contributed by atoms with E-state index < -0.39 is 0 Å². The highest BCUT2D eigenvalue weighted by Gasteiger charge is 2.26. The Morgan fingerprint density at radius 2 is 1.83 bits per heavy atom. The lowest BCUT2D eigenvalue weighted by Gasteiger charge is -2.27. The number of para-hydroxylation sites is 1. The van der Waals surface area contributed by atoms with Gasteiger partial charge in [-0.05, 0) is 43.7 Å². The van der Waals surface area contributed by atoms with Gasteiger partial charge in [-0.15, -0.1) is 12.4 Å². The first-order chi connectivity index (χ1) is 11.2. The number of carbonyl (C=O) groups is 2. The van der Waals surface area contributed by atoms with Gasteiger partial charge >= 0.3 is 0 Å². The number of anilines is 1. The standard InChI is InChI=1S/C18H27N3O2.ClH/c1-2-13-7-9-14(10-8-13)17(22)21-16-6-4-3-5-15(16)18(23)20-12-11-19;/h3-6,13-14H,2,7-12,19H2,1H3,(H,20,23)(H,21,22);1H. The van der Waals surface area contributed by atoms with Gasteiger partial charge in [0.25, 0.3) is 5.91 Å². The molecule has 0 aliphatic heterocycles. The van der Waals surface area contributed by atoms with E-state index in [9.17, 15) is 9.59 Å². The predicted molar refractivity (Wildman–Crippen MR) is 99.4 cm³/mol.